The zero-order valence-electron chi connectivity index (χ0n) is 18.8. The van der Waals surface area contributed by atoms with E-state index in [0.29, 0.717) is 11.4 Å². The first-order chi connectivity index (χ1) is 17.3. The molecule has 0 aliphatic heterocycles. The van der Waals surface area contributed by atoms with Crippen LogP contribution < -0.4 is 21.6 Å². The summed E-state index contributed by atoms with van der Waals surface area (Å²) in [6.07, 6.45) is 0. The van der Waals surface area contributed by atoms with Gasteiger partial charge in [-0.2, -0.15) is 0 Å². The smallest absolute Gasteiger partial charge is 0.343 e. The van der Waals surface area contributed by atoms with Gasteiger partial charge in [0.15, 0.2) is 0 Å². The number of benzene rings is 2. The van der Waals surface area contributed by atoms with Gasteiger partial charge in [0.25, 0.3) is 11.4 Å². The summed E-state index contributed by atoms with van der Waals surface area (Å²) in [5.74, 6) is 0. The first kappa shape index (κ1) is 27.9. The van der Waals surface area contributed by atoms with Crippen molar-refractivity contribution in [3.05, 3.63) is 68.8 Å². The quantitative estimate of drug-likeness (QED) is 0.157. The number of nitrogens with one attached hydrogen (secondary N) is 4. The maximum atomic E-state index is 11.7. The fraction of sp³-hybridized carbons (Fsp3) is 0.300. The Labute approximate surface area is 204 Å². The van der Waals surface area contributed by atoms with E-state index >= 15 is 0 Å². The molecule has 0 aliphatic rings. The number of carbonyl (C=O) groups is 2. The van der Waals surface area contributed by atoms with Crippen LogP contribution in [0.5, 0.6) is 0 Å². The predicted octanol–water partition coefficient (Wildman–Crippen LogP) is 2.34. The van der Waals surface area contributed by atoms with Gasteiger partial charge in [0, 0.05) is 35.6 Å². The van der Waals surface area contributed by atoms with Gasteiger partial charge in [-0.25, -0.2) is 20.5 Å². The van der Waals surface area contributed by atoms with Crippen molar-refractivity contribution < 1.29 is 38.6 Å². The summed E-state index contributed by atoms with van der Waals surface area (Å²) >= 11 is 0. The van der Waals surface area contributed by atoms with Crippen LogP contribution in [0.4, 0.5) is 32.3 Å². The Morgan fingerprint density at radius 1 is 0.611 bits per heavy atom. The molecule has 0 heterocycles. The Morgan fingerprint density at radius 3 is 1.28 bits per heavy atom. The number of rotatable bonds is 15. The molecule has 0 unspecified atom stereocenters. The maximum absolute atomic E-state index is 11.7. The van der Waals surface area contributed by atoms with E-state index in [-0.39, 0.29) is 51.0 Å². The summed E-state index contributed by atoms with van der Waals surface area (Å²) in [4.78, 5) is 53.3. The third kappa shape index (κ3) is 11.2. The number of hydrogen-bond donors (Lipinski definition) is 4. The monoisotopic (exact) mass is 508 g/mol. The van der Waals surface area contributed by atoms with Crippen LogP contribution in [0, 0.1) is 20.2 Å². The highest BCUT2D eigenvalue weighted by atomic mass is 16.7. The van der Waals surface area contributed by atoms with Crippen molar-refractivity contribution in [3.8, 4) is 0 Å². The van der Waals surface area contributed by atoms with Gasteiger partial charge in [-0.3, -0.25) is 29.9 Å². The molecule has 0 spiro atoms. The van der Waals surface area contributed by atoms with Crippen molar-refractivity contribution in [3.63, 3.8) is 0 Å². The Balaban J connectivity index is 1.39. The second-order valence-corrected chi connectivity index (χ2v) is 6.64. The van der Waals surface area contributed by atoms with Gasteiger partial charge in [0.2, 0.25) is 0 Å². The molecule has 0 fully saturated rings. The van der Waals surface area contributed by atoms with Crippen LogP contribution in [0.15, 0.2) is 48.5 Å². The van der Waals surface area contributed by atoms with Crippen molar-refractivity contribution in [1.29, 1.82) is 0 Å². The second-order valence-electron chi connectivity index (χ2n) is 6.64. The number of nitro benzene ring substituents is 2. The zero-order valence-corrected chi connectivity index (χ0v) is 18.8. The molecule has 36 heavy (non-hydrogen) atoms. The summed E-state index contributed by atoms with van der Waals surface area (Å²) in [6.45, 7) is 1.03. The van der Waals surface area contributed by atoms with Crippen molar-refractivity contribution in [2.24, 2.45) is 0 Å². The normalized spacial score (nSPS) is 10.3. The molecule has 2 aromatic carbocycles. The van der Waals surface area contributed by atoms with Crippen molar-refractivity contribution in [1.82, 2.24) is 11.0 Å². The summed E-state index contributed by atoms with van der Waals surface area (Å²) in [6, 6.07) is 9.29. The first-order valence-electron chi connectivity index (χ1n) is 10.4. The van der Waals surface area contributed by atoms with Gasteiger partial charge in [-0.05, 0) is 24.3 Å². The molecule has 0 aromatic heterocycles. The topological polar surface area (TPSA) is 205 Å². The van der Waals surface area contributed by atoms with Crippen LogP contribution in [0.3, 0.4) is 0 Å². The van der Waals surface area contributed by atoms with Crippen molar-refractivity contribution in [2.45, 2.75) is 0 Å². The standard InChI is InChI=1S/C20H24N6O10/c27-19(21-15-1-5-17(6-2-15)25(29)30)23-35-13-11-33-9-10-34-12-14-36-24-20(28)22-16-3-7-18(8-4-16)26(31)32/h1-8H,9-14H2,(H2,21,23,27)(H2,22,24,28). The molecule has 4 N–H and O–H groups in total. The van der Waals surface area contributed by atoms with Gasteiger partial charge >= 0.3 is 12.1 Å². The van der Waals surface area contributed by atoms with Crippen molar-refractivity contribution >= 4 is 34.8 Å². The van der Waals surface area contributed by atoms with Gasteiger partial charge in [-0.1, -0.05) is 0 Å². The van der Waals surface area contributed by atoms with E-state index < -0.39 is 21.9 Å². The minimum atomic E-state index is -0.651. The van der Waals surface area contributed by atoms with E-state index in [1.165, 1.54) is 48.5 Å². The Bertz CT molecular complexity index is 922. The van der Waals surface area contributed by atoms with Gasteiger partial charge in [0.1, 0.15) is 0 Å². The van der Waals surface area contributed by atoms with E-state index in [2.05, 4.69) is 21.6 Å². The van der Waals surface area contributed by atoms with E-state index in [4.69, 9.17) is 19.1 Å². The molecule has 0 bridgehead atoms. The lowest BCUT2D eigenvalue weighted by Gasteiger charge is -2.09. The maximum Gasteiger partial charge on any atom is 0.343 e. The van der Waals surface area contributed by atoms with Crippen LogP contribution in [0.1, 0.15) is 0 Å². The molecule has 0 aliphatic carbocycles. The molecule has 0 saturated carbocycles. The van der Waals surface area contributed by atoms with Crippen LogP contribution in [0.25, 0.3) is 0 Å². The SMILES string of the molecule is O=C(NOCCOCCOCCONC(=O)Nc1ccc([N+](=O)[O-])cc1)Nc1ccc([N+](=O)[O-])cc1. The average molecular weight is 508 g/mol. The van der Waals surface area contributed by atoms with Crippen LogP contribution in [-0.4, -0.2) is 61.6 Å². The summed E-state index contributed by atoms with van der Waals surface area (Å²) < 4.78 is 10.5. The fourth-order valence-electron chi connectivity index (χ4n) is 2.40. The lowest BCUT2D eigenvalue weighted by Crippen LogP contribution is -2.30. The number of ether oxygens (including phenoxy) is 2. The molecule has 0 saturated heterocycles. The van der Waals surface area contributed by atoms with Crippen LogP contribution in [0.2, 0.25) is 0 Å². The molecule has 4 amide bonds. The Kier molecular flexibility index (Phi) is 12.0. The number of non-ortho nitro benzene ring substituents is 2. The average Bonchev–Trinajstić information content (AvgIpc) is 2.85. The minimum Gasteiger partial charge on any atom is -0.377 e. The Morgan fingerprint density at radius 2 is 0.944 bits per heavy atom. The third-order valence-electron chi connectivity index (χ3n) is 4.03. The van der Waals surface area contributed by atoms with E-state index in [1.54, 1.807) is 0 Å². The van der Waals surface area contributed by atoms with E-state index in [9.17, 15) is 29.8 Å². The lowest BCUT2D eigenvalue weighted by molar-refractivity contribution is -0.385. The number of carbonyl (C=O) groups excluding carboxylic acids is 2. The third-order valence-corrected chi connectivity index (χ3v) is 4.03. The zero-order chi connectivity index (χ0) is 26.2. The summed E-state index contributed by atoms with van der Waals surface area (Å²) in [5, 5.41) is 26.1. The van der Waals surface area contributed by atoms with Crippen LogP contribution >= 0.6 is 0 Å². The van der Waals surface area contributed by atoms with Crippen molar-refractivity contribution in [2.75, 3.05) is 50.3 Å². The van der Waals surface area contributed by atoms with Crippen LogP contribution in [-0.2, 0) is 19.1 Å². The number of anilines is 2. The number of nitro groups is 2. The Hall–Kier alpha value is -4.38. The molecule has 0 atom stereocenters. The highest BCUT2D eigenvalue weighted by Gasteiger charge is 2.07. The number of hydrogen-bond acceptors (Lipinski definition) is 10. The van der Waals surface area contributed by atoms with E-state index in [1.807, 2.05) is 0 Å². The molecule has 0 radical (unpaired) electrons. The highest BCUT2D eigenvalue weighted by molar-refractivity contribution is 5.89. The number of hydroxylamine groups is 2. The minimum absolute atomic E-state index is 0.0740. The lowest BCUT2D eigenvalue weighted by atomic mass is 10.3. The molecule has 2 rings (SSSR count). The first-order valence-corrected chi connectivity index (χ1v) is 10.4. The second kappa shape index (κ2) is 15.5. The fourth-order valence-corrected chi connectivity index (χ4v) is 2.40. The summed E-state index contributed by atoms with van der Waals surface area (Å²) in [7, 11) is 0. The van der Waals surface area contributed by atoms with E-state index in [0.717, 1.165) is 0 Å². The molecular weight excluding hydrogens is 484 g/mol. The predicted molar refractivity (Wildman–Crippen MR) is 124 cm³/mol. The molecule has 16 nitrogen and oxygen atoms in total. The molecule has 2 aromatic rings. The highest BCUT2D eigenvalue weighted by Crippen LogP contribution is 2.16. The number of amides is 4. The largest absolute Gasteiger partial charge is 0.377 e. The molecule has 194 valence electrons. The molecular formula is C20H24N6O10. The van der Waals surface area contributed by atoms with Gasteiger partial charge in [0.05, 0.1) is 49.5 Å². The van der Waals surface area contributed by atoms with Gasteiger partial charge in [-0.15, -0.1) is 0 Å². The molecule has 16 heteroatoms. The number of urea groups is 2. The van der Waals surface area contributed by atoms with Gasteiger partial charge < -0.3 is 20.1 Å². The summed E-state index contributed by atoms with van der Waals surface area (Å²) in [5.41, 5.74) is 4.83. The number of nitrogens with zero attached hydrogens (tertiary/aromatic N) is 2.